The molecule has 0 atom stereocenters. The summed E-state index contributed by atoms with van der Waals surface area (Å²) in [4.78, 5) is 24.4. The summed E-state index contributed by atoms with van der Waals surface area (Å²) in [5.74, 6) is -3.87. The number of carboxylic acids is 2. The molecule has 0 aliphatic rings. The normalized spacial score (nSPS) is 11.4. The molecular weight excluding hydrogens is 479 g/mol. The molecule has 0 bridgehead atoms. The first-order valence-electron chi connectivity index (χ1n) is 9.84. The van der Waals surface area contributed by atoms with Crippen molar-refractivity contribution in [2.75, 3.05) is 43.4 Å². The lowest BCUT2D eigenvalue weighted by atomic mass is 10.1. The van der Waals surface area contributed by atoms with Crippen LogP contribution in [-0.4, -0.2) is 75.4 Å². The van der Waals surface area contributed by atoms with E-state index in [1.54, 1.807) is 24.3 Å². The van der Waals surface area contributed by atoms with Crippen LogP contribution < -0.4 is 9.62 Å². The molecule has 0 unspecified atom stereocenters. The van der Waals surface area contributed by atoms with Crippen molar-refractivity contribution in [1.82, 2.24) is 4.90 Å². The van der Waals surface area contributed by atoms with Gasteiger partial charge in [0.2, 0.25) is 0 Å². The van der Waals surface area contributed by atoms with E-state index in [1.165, 1.54) is 24.3 Å². The van der Waals surface area contributed by atoms with Gasteiger partial charge in [-0.25, -0.2) is 18.0 Å². The van der Waals surface area contributed by atoms with Crippen LogP contribution in [0.3, 0.4) is 0 Å². The first kappa shape index (κ1) is 28.7. The van der Waals surface area contributed by atoms with Gasteiger partial charge in [0.25, 0.3) is 10.0 Å². The van der Waals surface area contributed by atoms with Gasteiger partial charge >= 0.3 is 18.1 Å². The second-order valence-corrected chi connectivity index (χ2v) is 8.82. The third-order valence-corrected chi connectivity index (χ3v) is 5.70. The quantitative estimate of drug-likeness (QED) is 0.474. The maximum absolute atomic E-state index is 12.7. The lowest BCUT2D eigenvalue weighted by molar-refractivity contribution is -0.192. The van der Waals surface area contributed by atoms with Crippen molar-refractivity contribution in [2.45, 2.75) is 18.0 Å². The maximum Gasteiger partial charge on any atom is 0.490 e. The average molecular weight is 506 g/mol. The largest absolute Gasteiger partial charge is 0.490 e. The SMILES string of the molecule is CCN(CCN(C)C)c1ccc(C(=O)O)cc1NS(=O)(=O)c1ccccc1.O=C(O)C(F)(F)F. The van der Waals surface area contributed by atoms with E-state index < -0.39 is 28.1 Å². The van der Waals surface area contributed by atoms with Crippen LogP contribution >= 0.6 is 0 Å². The zero-order valence-corrected chi connectivity index (χ0v) is 19.5. The van der Waals surface area contributed by atoms with Gasteiger partial charge in [-0.05, 0) is 51.4 Å². The number of benzene rings is 2. The predicted molar refractivity (Wildman–Crippen MR) is 121 cm³/mol. The number of sulfonamides is 1. The number of carbonyl (C=O) groups is 2. The van der Waals surface area contributed by atoms with E-state index in [0.717, 1.165) is 6.54 Å². The number of hydrogen-bond acceptors (Lipinski definition) is 6. The Labute approximate surface area is 195 Å². The number of likely N-dealkylation sites (N-methyl/N-ethyl adjacent to an activating group) is 2. The van der Waals surface area contributed by atoms with E-state index >= 15 is 0 Å². The first-order valence-corrected chi connectivity index (χ1v) is 11.3. The molecule has 0 heterocycles. The number of rotatable bonds is 9. The molecule has 2 aromatic carbocycles. The fraction of sp³-hybridized carbons (Fsp3) is 0.333. The molecule has 0 aromatic heterocycles. The second-order valence-electron chi connectivity index (χ2n) is 7.14. The Morgan fingerprint density at radius 1 is 1.00 bits per heavy atom. The second kappa shape index (κ2) is 12.2. The van der Waals surface area contributed by atoms with Crippen LogP contribution in [0, 0.1) is 0 Å². The topological polar surface area (TPSA) is 127 Å². The third-order valence-electron chi connectivity index (χ3n) is 4.32. The Morgan fingerprint density at radius 2 is 1.56 bits per heavy atom. The highest BCUT2D eigenvalue weighted by atomic mass is 32.2. The average Bonchev–Trinajstić information content (AvgIpc) is 2.74. The van der Waals surface area contributed by atoms with Crippen LogP contribution in [0.1, 0.15) is 17.3 Å². The van der Waals surface area contributed by atoms with Gasteiger partial charge in [0.05, 0.1) is 21.8 Å². The van der Waals surface area contributed by atoms with E-state index in [4.69, 9.17) is 9.90 Å². The summed E-state index contributed by atoms with van der Waals surface area (Å²) in [6, 6.07) is 12.5. The highest BCUT2D eigenvalue weighted by molar-refractivity contribution is 7.92. The molecule has 0 saturated carbocycles. The molecule has 2 aromatic rings. The van der Waals surface area contributed by atoms with Crippen molar-refractivity contribution in [1.29, 1.82) is 0 Å². The van der Waals surface area contributed by atoms with Crippen LogP contribution in [0.15, 0.2) is 53.4 Å². The van der Waals surface area contributed by atoms with Gasteiger partial charge < -0.3 is 20.0 Å². The smallest absolute Gasteiger partial charge is 0.478 e. The standard InChI is InChI=1S/C19H25N3O4S.C2HF3O2/c1-4-22(13-12-21(2)3)18-11-10-15(19(23)24)14-17(18)20-27(25,26)16-8-6-5-7-9-16;3-2(4,5)1(6)7/h5-11,14,20H,4,12-13H2,1-3H3,(H,23,24);(H,6,7). The lowest BCUT2D eigenvalue weighted by Crippen LogP contribution is -2.32. The molecule has 0 saturated heterocycles. The van der Waals surface area contributed by atoms with Gasteiger partial charge in [-0.15, -0.1) is 0 Å². The number of hydrogen-bond donors (Lipinski definition) is 3. The van der Waals surface area contributed by atoms with Gasteiger partial charge in [-0.2, -0.15) is 13.2 Å². The molecule has 188 valence electrons. The number of halogens is 3. The Hall–Kier alpha value is -3.32. The van der Waals surface area contributed by atoms with Gasteiger partial charge in [0.15, 0.2) is 0 Å². The van der Waals surface area contributed by atoms with E-state index in [2.05, 4.69) is 4.72 Å². The van der Waals surface area contributed by atoms with Crippen LogP contribution in [0.4, 0.5) is 24.5 Å². The Balaban J connectivity index is 0.000000718. The van der Waals surface area contributed by atoms with Crippen LogP contribution in [0.5, 0.6) is 0 Å². The summed E-state index contributed by atoms with van der Waals surface area (Å²) in [5.41, 5.74) is 0.913. The molecule has 34 heavy (non-hydrogen) atoms. The van der Waals surface area contributed by atoms with E-state index in [1.807, 2.05) is 30.8 Å². The highest BCUT2D eigenvalue weighted by Crippen LogP contribution is 2.29. The number of anilines is 2. The minimum Gasteiger partial charge on any atom is -0.478 e. The van der Waals surface area contributed by atoms with Gasteiger partial charge in [0, 0.05) is 19.6 Å². The summed E-state index contributed by atoms with van der Waals surface area (Å²) in [6.45, 7) is 4.08. The zero-order valence-electron chi connectivity index (χ0n) is 18.7. The predicted octanol–water partition coefficient (Wildman–Crippen LogP) is 3.21. The minimum atomic E-state index is -5.08. The van der Waals surface area contributed by atoms with Crippen molar-refractivity contribution < 1.29 is 41.4 Å². The van der Waals surface area contributed by atoms with Gasteiger partial charge in [0.1, 0.15) is 0 Å². The molecule has 0 amide bonds. The molecule has 0 radical (unpaired) electrons. The van der Waals surface area contributed by atoms with Crippen molar-refractivity contribution in [3.8, 4) is 0 Å². The van der Waals surface area contributed by atoms with Gasteiger partial charge in [-0.1, -0.05) is 18.2 Å². The molecule has 0 aliphatic heterocycles. The number of aliphatic carboxylic acids is 1. The summed E-state index contributed by atoms with van der Waals surface area (Å²) >= 11 is 0. The number of alkyl halides is 3. The number of carboxylic acid groups (broad SMARTS) is 2. The minimum absolute atomic E-state index is 0.0215. The summed E-state index contributed by atoms with van der Waals surface area (Å²) < 4.78 is 59.7. The summed E-state index contributed by atoms with van der Waals surface area (Å²) in [6.07, 6.45) is -5.08. The van der Waals surface area contributed by atoms with E-state index in [0.29, 0.717) is 18.8 Å². The molecule has 3 N–H and O–H groups in total. The van der Waals surface area contributed by atoms with Crippen molar-refractivity contribution in [3.05, 3.63) is 54.1 Å². The van der Waals surface area contributed by atoms with E-state index in [-0.39, 0.29) is 16.1 Å². The number of aromatic carboxylic acids is 1. The monoisotopic (exact) mass is 505 g/mol. The summed E-state index contributed by atoms with van der Waals surface area (Å²) in [5, 5.41) is 16.4. The Kier molecular flexibility index (Phi) is 10.3. The van der Waals surface area contributed by atoms with Crippen molar-refractivity contribution in [3.63, 3.8) is 0 Å². The summed E-state index contributed by atoms with van der Waals surface area (Å²) in [7, 11) is 0.0861. The van der Waals surface area contributed by atoms with Gasteiger partial charge in [-0.3, -0.25) is 4.72 Å². The maximum atomic E-state index is 12.7. The fourth-order valence-corrected chi connectivity index (χ4v) is 3.69. The fourth-order valence-electron chi connectivity index (χ4n) is 2.60. The zero-order chi connectivity index (χ0) is 26.1. The van der Waals surface area contributed by atoms with Crippen molar-refractivity contribution in [2.24, 2.45) is 0 Å². The van der Waals surface area contributed by atoms with Crippen LogP contribution in [0.2, 0.25) is 0 Å². The molecule has 2 rings (SSSR count). The Bertz CT molecular complexity index is 1080. The highest BCUT2D eigenvalue weighted by Gasteiger charge is 2.38. The molecule has 13 heteroatoms. The molecule has 9 nitrogen and oxygen atoms in total. The van der Waals surface area contributed by atoms with Crippen molar-refractivity contribution >= 4 is 33.3 Å². The Morgan fingerprint density at radius 3 is 2.00 bits per heavy atom. The molecule has 0 aliphatic carbocycles. The number of nitrogens with one attached hydrogen (secondary N) is 1. The van der Waals surface area contributed by atoms with Crippen LogP contribution in [-0.2, 0) is 14.8 Å². The molecule has 0 spiro atoms. The lowest BCUT2D eigenvalue weighted by Gasteiger charge is -2.27. The number of nitrogens with zero attached hydrogens (tertiary/aromatic N) is 2. The third kappa shape index (κ3) is 8.90. The van der Waals surface area contributed by atoms with Crippen LogP contribution in [0.25, 0.3) is 0 Å². The van der Waals surface area contributed by atoms with E-state index in [9.17, 15) is 31.5 Å². The molecular formula is C21H26F3N3O6S. The first-order chi connectivity index (χ1) is 15.7. The molecule has 0 fully saturated rings.